The van der Waals surface area contributed by atoms with Crippen molar-refractivity contribution in [2.45, 2.75) is 44.5 Å². The average molecular weight is 440 g/mol. The minimum Gasteiger partial charge on any atom is -0.394 e. The summed E-state index contributed by atoms with van der Waals surface area (Å²) in [5, 5.41) is 13.3. The zero-order valence-electron chi connectivity index (χ0n) is 15.1. The van der Waals surface area contributed by atoms with E-state index in [2.05, 4.69) is 22.9 Å². The number of aliphatic hydroxyl groups is 1. The quantitative estimate of drug-likeness (QED) is 0.345. The van der Waals surface area contributed by atoms with Gasteiger partial charge in [-0.1, -0.05) is 0 Å². The fourth-order valence-corrected chi connectivity index (χ4v) is 2.89. The molecule has 0 aliphatic carbocycles. The number of carbonyl (C=O) groups excluding carboxylic acids is 2. The summed E-state index contributed by atoms with van der Waals surface area (Å²) in [6.45, 7) is 0.0696. The fraction of sp³-hybridized carbons (Fsp3) is 0.600. The third-order valence-corrected chi connectivity index (χ3v) is 4.13. The van der Waals surface area contributed by atoms with Crippen molar-refractivity contribution in [3.05, 3.63) is 22.2 Å². The van der Waals surface area contributed by atoms with Gasteiger partial charge in [-0.3, -0.25) is 14.2 Å². The Morgan fingerprint density at radius 2 is 2.17 bits per heavy atom. The molecular weight excluding hydrogens is 421 g/mol. The van der Waals surface area contributed by atoms with Gasteiger partial charge in [0.15, 0.2) is 0 Å². The van der Waals surface area contributed by atoms with Crippen LogP contribution < -0.4 is 16.3 Å². The van der Waals surface area contributed by atoms with Crippen LogP contribution in [0.3, 0.4) is 0 Å². The molecule has 2 rings (SSSR count). The van der Waals surface area contributed by atoms with Crippen molar-refractivity contribution in [1.29, 1.82) is 0 Å². The molecule has 10 nitrogen and oxygen atoms in total. The van der Waals surface area contributed by atoms with E-state index in [1.54, 1.807) is 5.32 Å². The van der Waals surface area contributed by atoms with E-state index in [0.717, 1.165) is 17.7 Å². The predicted octanol–water partition coefficient (Wildman–Crippen LogP) is -0.0675. The number of thiol groups is 1. The molecule has 1 aliphatic rings. The molecule has 0 saturated carbocycles. The highest BCUT2D eigenvalue weighted by Crippen LogP contribution is 2.30. The second-order valence-corrected chi connectivity index (χ2v) is 6.31. The van der Waals surface area contributed by atoms with Crippen LogP contribution in [0, 0.1) is 0 Å². The molecule has 1 aliphatic heterocycles. The minimum atomic E-state index is -5.10. The lowest BCUT2D eigenvalue weighted by molar-refractivity contribution is -0.173. The van der Waals surface area contributed by atoms with E-state index in [9.17, 15) is 32.7 Å². The largest absolute Gasteiger partial charge is 0.471 e. The van der Waals surface area contributed by atoms with E-state index in [-0.39, 0.29) is 23.7 Å². The standard InChI is InChI=1S/C15H19F3N4O6S/c1-7(24)20-12-8(3-19-13(25)15(16,17)18)4-22(14(26)21-12)11-2-9(27-6-29)10(5-23)28-11/h4,9-11,23,29H,2-3,5-6H2,1H3,(H,19,25)(H,20,21,24,26). The van der Waals surface area contributed by atoms with Crippen LogP contribution >= 0.6 is 12.6 Å². The van der Waals surface area contributed by atoms with Gasteiger partial charge in [0, 0.05) is 31.6 Å². The van der Waals surface area contributed by atoms with Crippen LogP contribution in [0.15, 0.2) is 11.0 Å². The zero-order chi connectivity index (χ0) is 21.8. The minimum absolute atomic E-state index is 0.0423. The molecule has 1 saturated heterocycles. The van der Waals surface area contributed by atoms with Crippen molar-refractivity contribution in [1.82, 2.24) is 14.9 Å². The average Bonchev–Trinajstić information content (AvgIpc) is 3.02. The van der Waals surface area contributed by atoms with Crippen LogP contribution in [0.4, 0.5) is 19.0 Å². The molecule has 2 amide bonds. The summed E-state index contributed by atoms with van der Waals surface area (Å²) >= 11 is 3.93. The number of nitrogens with zero attached hydrogens (tertiary/aromatic N) is 2. The lowest BCUT2D eigenvalue weighted by Gasteiger charge is -2.18. The molecule has 0 spiro atoms. The lowest BCUT2D eigenvalue weighted by Crippen LogP contribution is -2.37. The molecule has 0 aromatic carbocycles. The number of alkyl halides is 3. The normalized spacial score (nSPS) is 21.8. The maximum atomic E-state index is 12.4. The van der Waals surface area contributed by atoms with Gasteiger partial charge in [-0.2, -0.15) is 30.8 Å². The second-order valence-electron chi connectivity index (χ2n) is 6.05. The van der Waals surface area contributed by atoms with E-state index in [0.29, 0.717) is 0 Å². The second kappa shape index (κ2) is 9.56. The Morgan fingerprint density at radius 3 is 2.72 bits per heavy atom. The predicted molar refractivity (Wildman–Crippen MR) is 95.0 cm³/mol. The number of carbonyl (C=O) groups is 2. The monoisotopic (exact) mass is 440 g/mol. The SMILES string of the molecule is CC(=O)Nc1nc(=O)n(C2CC(OCS)C(CO)O2)cc1CNC(=O)C(F)(F)F. The van der Waals surface area contributed by atoms with Crippen molar-refractivity contribution in [3.63, 3.8) is 0 Å². The van der Waals surface area contributed by atoms with Crippen LogP contribution in [0.1, 0.15) is 25.1 Å². The van der Waals surface area contributed by atoms with Crippen LogP contribution in [-0.2, 0) is 25.6 Å². The van der Waals surface area contributed by atoms with Crippen molar-refractivity contribution in [2.24, 2.45) is 0 Å². The van der Waals surface area contributed by atoms with Gasteiger partial charge >= 0.3 is 17.8 Å². The molecule has 29 heavy (non-hydrogen) atoms. The molecular formula is C15H19F3N4O6S. The number of aliphatic hydroxyl groups excluding tert-OH is 1. The maximum absolute atomic E-state index is 12.4. The third-order valence-electron chi connectivity index (χ3n) is 3.98. The smallest absolute Gasteiger partial charge is 0.394 e. The molecule has 1 fully saturated rings. The number of anilines is 1. The molecule has 162 valence electrons. The van der Waals surface area contributed by atoms with E-state index >= 15 is 0 Å². The van der Waals surface area contributed by atoms with E-state index in [4.69, 9.17) is 9.47 Å². The fourth-order valence-electron chi connectivity index (χ4n) is 2.70. The first-order valence-corrected chi connectivity index (χ1v) is 8.93. The molecule has 0 bridgehead atoms. The summed E-state index contributed by atoms with van der Waals surface area (Å²) < 4.78 is 49.2. The summed E-state index contributed by atoms with van der Waals surface area (Å²) in [6.07, 6.45) is -6.09. The Morgan fingerprint density at radius 1 is 1.48 bits per heavy atom. The van der Waals surface area contributed by atoms with Gasteiger partial charge in [-0.15, -0.1) is 0 Å². The van der Waals surface area contributed by atoms with Gasteiger partial charge in [0.25, 0.3) is 0 Å². The summed E-state index contributed by atoms with van der Waals surface area (Å²) in [4.78, 5) is 38.4. The van der Waals surface area contributed by atoms with Crippen molar-refractivity contribution < 1.29 is 37.3 Å². The number of halogens is 3. The number of nitrogens with one attached hydrogen (secondary N) is 2. The van der Waals surface area contributed by atoms with Gasteiger partial charge < -0.3 is 25.2 Å². The maximum Gasteiger partial charge on any atom is 0.471 e. The van der Waals surface area contributed by atoms with Crippen molar-refractivity contribution in [2.75, 3.05) is 17.9 Å². The van der Waals surface area contributed by atoms with E-state index in [1.807, 2.05) is 0 Å². The van der Waals surface area contributed by atoms with Gasteiger partial charge in [-0.05, 0) is 0 Å². The Kier molecular flexibility index (Phi) is 7.62. The van der Waals surface area contributed by atoms with E-state index in [1.165, 1.54) is 0 Å². The summed E-state index contributed by atoms with van der Waals surface area (Å²) in [6, 6.07) is 0. The van der Waals surface area contributed by atoms with Crippen LogP contribution in [0.2, 0.25) is 0 Å². The summed E-state index contributed by atoms with van der Waals surface area (Å²) in [7, 11) is 0. The van der Waals surface area contributed by atoms with Crippen LogP contribution in [0.25, 0.3) is 0 Å². The van der Waals surface area contributed by atoms with E-state index < -0.39 is 55.3 Å². The highest BCUT2D eigenvalue weighted by atomic mass is 32.1. The van der Waals surface area contributed by atoms with Crippen molar-refractivity contribution >= 4 is 30.3 Å². The molecule has 1 aromatic rings. The van der Waals surface area contributed by atoms with Gasteiger partial charge in [0.05, 0.1) is 18.6 Å². The Hall–Kier alpha value is -2.16. The van der Waals surface area contributed by atoms with Crippen LogP contribution in [0.5, 0.6) is 0 Å². The Bertz CT molecular complexity index is 818. The Balaban J connectivity index is 2.33. The first-order valence-electron chi connectivity index (χ1n) is 8.30. The first-order chi connectivity index (χ1) is 13.6. The number of aromatic nitrogens is 2. The molecule has 3 N–H and O–H groups in total. The third kappa shape index (κ3) is 5.91. The van der Waals surface area contributed by atoms with Crippen molar-refractivity contribution in [3.8, 4) is 0 Å². The number of amides is 2. The van der Waals surface area contributed by atoms with Crippen LogP contribution in [-0.4, -0.2) is 57.4 Å². The molecule has 1 aromatic heterocycles. The van der Waals surface area contributed by atoms with Gasteiger partial charge in [-0.25, -0.2) is 4.79 Å². The summed E-state index contributed by atoms with van der Waals surface area (Å²) in [5.41, 5.74) is -0.909. The van der Waals surface area contributed by atoms with Gasteiger partial charge in [0.2, 0.25) is 5.91 Å². The molecule has 0 radical (unpaired) electrons. The highest BCUT2D eigenvalue weighted by molar-refractivity contribution is 7.80. The van der Waals surface area contributed by atoms with Gasteiger partial charge in [0.1, 0.15) is 18.1 Å². The Labute approximate surface area is 167 Å². The number of rotatable bonds is 7. The number of hydrogen-bond acceptors (Lipinski definition) is 8. The molecule has 3 atom stereocenters. The molecule has 2 heterocycles. The lowest BCUT2D eigenvalue weighted by atomic mass is 10.2. The number of ether oxygens (including phenoxy) is 2. The summed E-state index contributed by atoms with van der Waals surface area (Å²) in [5.74, 6) is -3.05. The molecule has 3 unspecified atom stereocenters. The highest BCUT2D eigenvalue weighted by Gasteiger charge is 2.39. The molecule has 14 heteroatoms. The number of hydrogen-bond donors (Lipinski definition) is 4. The first kappa shape index (κ1) is 23.1. The topological polar surface area (TPSA) is 132 Å². The zero-order valence-corrected chi connectivity index (χ0v) is 16.0.